The number of phenolic OH excluding ortho intramolecular Hbond substituents is 1. The number of pyridine rings is 1. The van der Waals surface area contributed by atoms with Crippen LogP contribution >= 0.6 is 43.2 Å². The molecule has 99 heavy (non-hydrogen) atoms. The summed E-state index contributed by atoms with van der Waals surface area (Å²) in [4.78, 5) is 150. The van der Waals surface area contributed by atoms with E-state index in [4.69, 9.17) is 9.47 Å². The smallest absolute Gasteiger partial charge is 0.408 e. The minimum absolute atomic E-state index is 0.0401. The minimum atomic E-state index is -1.77. The molecule has 1 aromatic heterocycles. The fraction of sp³-hybridized carbons (Fsp3) is 0.507. The average molecular weight is 1440 g/mol. The van der Waals surface area contributed by atoms with Crippen LogP contribution in [0.25, 0.3) is 5.57 Å². The lowest BCUT2D eigenvalue weighted by Crippen LogP contribution is -2.62. The standard InChI is InChI=1S/C71H94N10O14S4/c1-43(82)60-67(91)79-56(66(90)78-57(42-98-99-59-27-17-19-34-72-59)65(89)74-49-23-12-9-13-24-49)41-97-96-40-55(77-63(87)53(37-44-20-10-8-11-21-44)80-69(93)95-71(5,6)7)58(84)39-48(36-45-28-32-50(83)33-29-45)61(85)76-54(38-47-31-30-46-22-14-15-25-51(46)47)64(88)75-52(62(86)81-60)26-16-18-35-73-68(92)94-70(2,3)4/h8,10-11,14-15,17,19-22,25,27-29,31-34,43,48-49,52-57,60,82-83H,9,12-13,16,18,23-24,26,30,35-42H2,1-7H3,(H,73,92)(H,74,89)(H,75,88)(H,76,85)(H,77,87)(H,78,90)(H,79,91)(H,80,93)(H,81,86)/t43-,48-,52+,53-,54-,55+,56+,57+,60+/m1/s1. The maximum atomic E-state index is 15.4. The molecular weight excluding hydrogens is 1350 g/mol. The summed E-state index contributed by atoms with van der Waals surface area (Å²) in [5.74, 6) is -8.02. The predicted octanol–water partition coefficient (Wildman–Crippen LogP) is 7.34. The Labute approximate surface area is 594 Å². The van der Waals surface area contributed by atoms with Crippen LogP contribution < -0.4 is 47.9 Å². The first-order valence-corrected chi connectivity index (χ1v) is 38.3. The number of unbranched alkanes of at least 4 members (excludes halogenated alkanes) is 1. The second-order valence-electron chi connectivity index (χ2n) is 26.8. The van der Waals surface area contributed by atoms with Crippen LogP contribution in [-0.4, -0.2) is 164 Å². The van der Waals surface area contributed by atoms with E-state index in [-0.39, 0.29) is 74.1 Å². The number of Topliss-reactive ketones (excluding diaryl/α,β-unsaturated/α-hetero) is 1. The van der Waals surface area contributed by atoms with Crippen molar-refractivity contribution in [2.75, 3.05) is 23.8 Å². The van der Waals surface area contributed by atoms with Crippen molar-refractivity contribution < 1.29 is 67.6 Å². The number of aromatic hydroxyl groups is 1. The van der Waals surface area contributed by atoms with Crippen LogP contribution in [0.3, 0.4) is 0 Å². The summed E-state index contributed by atoms with van der Waals surface area (Å²) >= 11 is 0. The second-order valence-corrected chi connectivity index (χ2v) is 31.7. The normalized spacial score (nSPS) is 21.1. The van der Waals surface area contributed by atoms with Gasteiger partial charge in [0.2, 0.25) is 41.4 Å². The van der Waals surface area contributed by atoms with Crippen LogP contribution in [0.5, 0.6) is 5.75 Å². The zero-order chi connectivity index (χ0) is 71.7. The first-order chi connectivity index (χ1) is 47.2. The van der Waals surface area contributed by atoms with Gasteiger partial charge in [0, 0.05) is 61.2 Å². The van der Waals surface area contributed by atoms with Crippen molar-refractivity contribution >= 4 is 108 Å². The number of hydrogen-bond acceptors (Lipinski definition) is 19. The molecule has 0 spiro atoms. The number of phenols is 1. The fourth-order valence-corrected chi connectivity index (χ4v) is 15.7. The molecule has 11 N–H and O–H groups in total. The Morgan fingerprint density at radius 1 is 0.677 bits per heavy atom. The third-order valence-electron chi connectivity index (χ3n) is 16.3. The lowest BCUT2D eigenvalue weighted by Gasteiger charge is -2.29. The third-order valence-corrected chi connectivity index (χ3v) is 21.0. The lowest BCUT2D eigenvalue weighted by molar-refractivity contribution is -0.137. The van der Waals surface area contributed by atoms with Gasteiger partial charge in [-0.2, -0.15) is 0 Å². The maximum absolute atomic E-state index is 15.4. The monoisotopic (exact) mass is 1440 g/mol. The molecule has 2 aliphatic carbocycles. The molecule has 536 valence electrons. The van der Waals surface area contributed by atoms with Crippen LogP contribution in [0.4, 0.5) is 9.59 Å². The van der Waals surface area contributed by atoms with Gasteiger partial charge in [-0.25, -0.2) is 14.6 Å². The minimum Gasteiger partial charge on any atom is -0.508 e. The molecule has 3 aromatic carbocycles. The molecule has 1 aliphatic heterocycles. The molecule has 24 nitrogen and oxygen atoms in total. The van der Waals surface area contributed by atoms with E-state index >= 15 is 19.2 Å². The van der Waals surface area contributed by atoms with Gasteiger partial charge in [-0.15, -0.1) is 0 Å². The Kier molecular flexibility index (Phi) is 30.7. The van der Waals surface area contributed by atoms with E-state index in [1.165, 1.54) is 40.6 Å². The molecular formula is C71H94N10O14S4. The number of alkyl carbamates (subject to hydrolysis) is 2. The number of carbonyl (C=O) groups excluding carboxylic acids is 10. The largest absolute Gasteiger partial charge is 0.508 e. The van der Waals surface area contributed by atoms with Gasteiger partial charge in [-0.1, -0.05) is 131 Å². The Morgan fingerprint density at radius 3 is 2.03 bits per heavy atom. The molecule has 0 bridgehead atoms. The number of aromatic nitrogens is 1. The topological polar surface area (TPSA) is 351 Å². The van der Waals surface area contributed by atoms with Crippen molar-refractivity contribution in [3.8, 4) is 5.75 Å². The molecule has 0 radical (unpaired) electrons. The zero-order valence-corrected chi connectivity index (χ0v) is 60.3. The van der Waals surface area contributed by atoms with Gasteiger partial charge in [0.15, 0.2) is 5.78 Å². The van der Waals surface area contributed by atoms with Gasteiger partial charge >= 0.3 is 12.2 Å². The predicted molar refractivity (Wildman–Crippen MR) is 385 cm³/mol. The Balaban J connectivity index is 1.28. The highest BCUT2D eigenvalue weighted by Gasteiger charge is 2.38. The summed E-state index contributed by atoms with van der Waals surface area (Å²) in [6.07, 6.45) is 4.77. The van der Waals surface area contributed by atoms with Crippen molar-refractivity contribution in [1.29, 1.82) is 0 Å². The number of ether oxygens (including phenoxy) is 2. The van der Waals surface area contributed by atoms with Crippen molar-refractivity contribution in [1.82, 2.24) is 52.8 Å². The molecule has 7 rings (SSSR count). The Hall–Kier alpha value is -7.79. The molecule has 4 aromatic rings. The van der Waals surface area contributed by atoms with Crippen molar-refractivity contribution in [2.24, 2.45) is 5.92 Å². The number of aliphatic hydroxyl groups is 1. The van der Waals surface area contributed by atoms with Gasteiger partial charge in [-0.3, -0.25) is 38.4 Å². The molecule has 9 atom stereocenters. The summed E-state index contributed by atoms with van der Waals surface area (Å²) in [7, 11) is 4.61. The SMILES string of the molecule is C[C@@H](O)[C@@H]1NC(=O)[C@H](CCCCNC(=O)OC(C)(C)C)NC(=O)[C@@H](CC2=CCc3ccccc32)NC(=O)[C@H](Cc2ccc(O)cc2)CC(=O)[C@@H](NC(=O)[C@@H](Cc2ccccc2)NC(=O)OC(C)(C)C)CSSC[C@@H](C(=O)N[C@@H](CSSc2ccccn2)C(=O)NC2CCCCC2)NC1=O. The van der Waals surface area contributed by atoms with E-state index in [1.54, 1.807) is 102 Å². The third kappa shape index (κ3) is 27.0. The first-order valence-electron chi connectivity index (χ1n) is 33.5. The maximum Gasteiger partial charge on any atom is 0.408 e. The molecule has 9 amide bonds. The van der Waals surface area contributed by atoms with E-state index in [2.05, 4.69) is 52.8 Å². The quantitative estimate of drug-likeness (QED) is 0.0255. The molecule has 1 saturated heterocycles. The molecule has 3 aliphatic rings. The number of hydrogen-bond donors (Lipinski definition) is 11. The van der Waals surface area contributed by atoms with Gasteiger partial charge in [0.1, 0.15) is 58.2 Å². The van der Waals surface area contributed by atoms with E-state index in [0.717, 1.165) is 64.8 Å². The number of aliphatic hydroxyl groups excluding tert-OH is 1. The first kappa shape index (κ1) is 78.5. The molecule has 28 heteroatoms. The Bertz CT molecular complexity index is 3420. The van der Waals surface area contributed by atoms with Crippen LogP contribution in [-0.2, 0) is 67.1 Å². The van der Waals surface area contributed by atoms with Crippen LogP contribution in [0.1, 0.15) is 135 Å². The highest BCUT2D eigenvalue weighted by atomic mass is 33.1. The molecule has 0 unspecified atom stereocenters. The number of ketones is 1. The second kappa shape index (κ2) is 38.7. The van der Waals surface area contributed by atoms with Crippen molar-refractivity contribution in [2.45, 2.75) is 203 Å². The number of amides is 9. The molecule has 2 heterocycles. The Morgan fingerprint density at radius 2 is 1.33 bits per heavy atom. The highest BCUT2D eigenvalue weighted by molar-refractivity contribution is 8.77. The molecule has 1 saturated carbocycles. The van der Waals surface area contributed by atoms with E-state index in [1.807, 2.05) is 36.4 Å². The van der Waals surface area contributed by atoms with Crippen LogP contribution in [0, 0.1) is 5.92 Å². The van der Waals surface area contributed by atoms with E-state index in [9.17, 15) is 39.0 Å². The summed E-state index contributed by atoms with van der Waals surface area (Å²) in [5, 5.41) is 47.7. The number of rotatable bonds is 23. The van der Waals surface area contributed by atoms with Gasteiger partial charge in [0.25, 0.3) is 0 Å². The number of allylic oxidation sites excluding steroid dienone is 1. The number of fused-ring (bicyclic) bond motifs is 1. The summed E-state index contributed by atoms with van der Waals surface area (Å²) in [6.45, 7) is 11.5. The molecule has 2 fully saturated rings. The van der Waals surface area contributed by atoms with Crippen LogP contribution in [0.15, 0.2) is 114 Å². The van der Waals surface area contributed by atoms with Gasteiger partial charge in [-0.05, 0) is 156 Å². The van der Waals surface area contributed by atoms with Crippen molar-refractivity contribution in [3.05, 3.63) is 132 Å². The van der Waals surface area contributed by atoms with Crippen LogP contribution in [0.2, 0.25) is 0 Å². The summed E-state index contributed by atoms with van der Waals surface area (Å²) < 4.78 is 11.0. The average Bonchev–Trinajstić information content (AvgIpc) is 1.74. The number of nitrogens with zero attached hydrogens (tertiary/aromatic N) is 1. The van der Waals surface area contributed by atoms with Crippen molar-refractivity contribution in [3.63, 3.8) is 0 Å². The lowest BCUT2D eigenvalue weighted by atomic mass is 9.90. The zero-order valence-electron chi connectivity index (χ0n) is 57.1. The van der Waals surface area contributed by atoms with E-state index in [0.29, 0.717) is 28.1 Å². The summed E-state index contributed by atoms with van der Waals surface area (Å²) in [6, 6.07) is 17.6. The number of benzene rings is 3. The fourth-order valence-electron chi connectivity index (χ4n) is 11.2. The van der Waals surface area contributed by atoms with Gasteiger partial charge < -0.3 is 67.5 Å². The summed E-state index contributed by atoms with van der Waals surface area (Å²) in [5.41, 5.74) is 1.92. The number of carbonyl (C=O) groups is 10. The number of nitrogens with one attached hydrogen (secondary N) is 9. The van der Waals surface area contributed by atoms with E-state index < -0.39 is 131 Å². The highest BCUT2D eigenvalue weighted by Crippen LogP contribution is 2.33. The van der Waals surface area contributed by atoms with Gasteiger partial charge in [0.05, 0.1) is 12.1 Å².